The van der Waals surface area contributed by atoms with Crippen LogP contribution in [0.15, 0.2) is 103 Å². The van der Waals surface area contributed by atoms with E-state index in [-0.39, 0.29) is 29.7 Å². The summed E-state index contributed by atoms with van der Waals surface area (Å²) in [5.41, 5.74) is 4.39. The Labute approximate surface area is 285 Å². The number of nitrogens with zero attached hydrogens (tertiary/aromatic N) is 3. The second-order valence-electron chi connectivity index (χ2n) is 10.9. The molecule has 0 unspecified atom stereocenters. The first-order valence-electron chi connectivity index (χ1n) is 15.0. The number of nitrogens with one attached hydrogen (secondary N) is 2. The largest absolute Gasteiger partial charge is 0.447 e. The van der Waals surface area contributed by atoms with Crippen LogP contribution < -0.4 is 15.6 Å². The van der Waals surface area contributed by atoms with Gasteiger partial charge < -0.3 is 9.64 Å². The number of pyridine rings is 1. The summed E-state index contributed by atoms with van der Waals surface area (Å²) in [7, 11) is 0. The number of rotatable bonds is 13. The number of carbonyl (C=O) groups excluding carboxylic acids is 4. The fourth-order valence-corrected chi connectivity index (χ4v) is 5.27. The lowest BCUT2D eigenvalue weighted by Crippen LogP contribution is -2.55. The lowest BCUT2D eigenvalue weighted by atomic mass is 10.0. The Morgan fingerprint density at radius 3 is 2.43 bits per heavy atom. The summed E-state index contributed by atoms with van der Waals surface area (Å²) in [5, 5.41) is 4.66. The predicted molar refractivity (Wildman–Crippen MR) is 181 cm³/mol. The van der Waals surface area contributed by atoms with Crippen LogP contribution in [-0.4, -0.2) is 53.4 Å². The van der Waals surface area contributed by atoms with Gasteiger partial charge in [-0.1, -0.05) is 66.2 Å². The molecule has 3 amide bonds. The molecular formula is C36H30ClF2N5O5. The average Bonchev–Trinajstić information content (AvgIpc) is 3.10. The number of aromatic nitrogens is 1. The molecule has 5 aromatic rings. The molecule has 2 N–H and O–H groups in total. The summed E-state index contributed by atoms with van der Waals surface area (Å²) in [6.07, 6.45) is 1.06. The number of fused-ring (bicyclic) bond motifs is 1. The van der Waals surface area contributed by atoms with E-state index < -0.39 is 36.3 Å². The number of carbonyl (C=O) groups is 4. The molecule has 0 aliphatic rings. The lowest BCUT2D eigenvalue weighted by molar-refractivity contribution is -0.136. The standard InChI is InChI=1S/C36H30ClF2N5O5/c1-23(46)44(41-19-27-10-6-12-32(39)34(27)37)31(21-49-36(48)42-33-17-28-15-29(38)14-13-26(28)18-40-33)20-43(22-45)30-11-5-9-25(16-30)35(47)24-7-3-2-4-8-24/h2-18,22,31,41H,19-21H2,1H3,(H,40,42,48)/t31-/m0/s1. The van der Waals surface area contributed by atoms with Crippen LogP contribution in [0.1, 0.15) is 28.4 Å². The molecule has 1 aromatic heterocycles. The highest BCUT2D eigenvalue weighted by Crippen LogP contribution is 2.22. The predicted octanol–water partition coefficient (Wildman–Crippen LogP) is 6.53. The molecule has 10 nitrogen and oxygen atoms in total. The zero-order chi connectivity index (χ0) is 34.9. The van der Waals surface area contributed by atoms with Crippen LogP contribution in [0.3, 0.4) is 0 Å². The molecule has 49 heavy (non-hydrogen) atoms. The molecule has 4 aromatic carbocycles. The molecule has 13 heteroatoms. The summed E-state index contributed by atoms with van der Waals surface area (Å²) >= 11 is 6.13. The number of hydrogen-bond acceptors (Lipinski definition) is 7. The van der Waals surface area contributed by atoms with E-state index in [1.165, 1.54) is 48.4 Å². The Balaban J connectivity index is 1.38. The molecular weight excluding hydrogens is 656 g/mol. The third-order valence-corrected chi connectivity index (χ3v) is 7.93. The van der Waals surface area contributed by atoms with Crippen molar-refractivity contribution in [2.75, 3.05) is 23.4 Å². The minimum Gasteiger partial charge on any atom is -0.447 e. The second-order valence-corrected chi connectivity index (χ2v) is 11.3. The van der Waals surface area contributed by atoms with Crippen molar-refractivity contribution in [1.29, 1.82) is 0 Å². The summed E-state index contributed by atoms with van der Waals surface area (Å²) in [6.45, 7) is 0.551. The zero-order valence-electron chi connectivity index (χ0n) is 26.1. The van der Waals surface area contributed by atoms with Crippen LogP contribution in [0.2, 0.25) is 5.02 Å². The number of hydrazine groups is 1. The van der Waals surface area contributed by atoms with E-state index in [0.29, 0.717) is 39.6 Å². The number of benzene rings is 4. The van der Waals surface area contributed by atoms with Crippen molar-refractivity contribution in [3.05, 3.63) is 137 Å². The highest BCUT2D eigenvalue weighted by Gasteiger charge is 2.27. The number of hydrogen-bond donors (Lipinski definition) is 2. The minimum atomic E-state index is -1.01. The first-order valence-corrected chi connectivity index (χ1v) is 15.4. The van der Waals surface area contributed by atoms with E-state index in [1.54, 1.807) is 66.7 Å². The van der Waals surface area contributed by atoms with Crippen molar-refractivity contribution < 1.29 is 32.7 Å². The van der Waals surface area contributed by atoms with Gasteiger partial charge in [0.15, 0.2) is 5.78 Å². The number of halogens is 3. The molecule has 0 aliphatic carbocycles. The number of amides is 3. The van der Waals surface area contributed by atoms with Gasteiger partial charge in [0.25, 0.3) is 0 Å². The number of anilines is 2. The van der Waals surface area contributed by atoms with Crippen LogP contribution in [0.25, 0.3) is 10.8 Å². The molecule has 1 atom stereocenters. The van der Waals surface area contributed by atoms with E-state index in [1.807, 2.05) is 0 Å². The van der Waals surface area contributed by atoms with E-state index in [0.717, 1.165) is 5.01 Å². The van der Waals surface area contributed by atoms with Gasteiger partial charge in [-0.15, -0.1) is 0 Å². The Hall–Kier alpha value is -5.72. The fraction of sp³-hybridized carbons (Fsp3) is 0.139. The van der Waals surface area contributed by atoms with Crippen LogP contribution in [-0.2, 0) is 20.9 Å². The Kier molecular flexibility index (Phi) is 11.2. The molecule has 0 radical (unpaired) electrons. The highest BCUT2D eigenvalue weighted by atomic mass is 35.5. The van der Waals surface area contributed by atoms with Gasteiger partial charge in [0.2, 0.25) is 12.3 Å². The van der Waals surface area contributed by atoms with Gasteiger partial charge in [0.05, 0.1) is 11.6 Å². The first kappa shape index (κ1) is 34.6. The number of ether oxygens (including phenoxy) is 1. The Bertz CT molecular complexity index is 2000. The van der Waals surface area contributed by atoms with Crippen LogP contribution in [0.5, 0.6) is 0 Å². The van der Waals surface area contributed by atoms with Gasteiger partial charge in [-0.2, -0.15) is 0 Å². The molecule has 0 fully saturated rings. The van der Waals surface area contributed by atoms with Crippen molar-refractivity contribution in [1.82, 2.24) is 15.4 Å². The molecule has 0 bridgehead atoms. The molecule has 0 spiro atoms. The van der Waals surface area contributed by atoms with Gasteiger partial charge in [0.1, 0.15) is 30.1 Å². The smallest absolute Gasteiger partial charge is 0.412 e. The van der Waals surface area contributed by atoms with Gasteiger partial charge in [0, 0.05) is 41.9 Å². The SMILES string of the molecule is CC(=O)N(NCc1cccc(F)c1Cl)[C@H](COC(=O)Nc1cc2cc(F)ccc2cn1)CN(C=O)c1cccc(C(=O)c2ccccc2)c1. The highest BCUT2D eigenvalue weighted by molar-refractivity contribution is 6.31. The molecule has 0 saturated carbocycles. The van der Waals surface area contributed by atoms with E-state index >= 15 is 0 Å². The fourth-order valence-electron chi connectivity index (χ4n) is 5.07. The summed E-state index contributed by atoms with van der Waals surface area (Å²) in [4.78, 5) is 56.9. The van der Waals surface area contributed by atoms with Crippen molar-refractivity contribution in [2.45, 2.75) is 19.5 Å². The van der Waals surface area contributed by atoms with Crippen LogP contribution in [0, 0.1) is 11.6 Å². The molecule has 0 saturated heterocycles. The summed E-state index contributed by atoms with van der Waals surface area (Å²) in [5.74, 6) is -1.78. The maximum absolute atomic E-state index is 14.1. The first-order chi connectivity index (χ1) is 23.6. The van der Waals surface area contributed by atoms with E-state index in [2.05, 4.69) is 15.7 Å². The normalized spacial score (nSPS) is 11.4. The van der Waals surface area contributed by atoms with Crippen molar-refractivity contribution >= 4 is 58.1 Å². The Morgan fingerprint density at radius 1 is 0.918 bits per heavy atom. The second kappa shape index (κ2) is 15.9. The number of ketones is 1. The van der Waals surface area contributed by atoms with Gasteiger partial charge >= 0.3 is 6.09 Å². The van der Waals surface area contributed by atoms with E-state index in [9.17, 15) is 28.0 Å². The zero-order valence-corrected chi connectivity index (χ0v) is 26.9. The summed E-state index contributed by atoms with van der Waals surface area (Å²) < 4.78 is 33.4. The van der Waals surface area contributed by atoms with Gasteiger partial charge in [-0.25, -0.2) is 24.0 Å². The molecule has 250 valence electrons. The van der Waals surface area contributed by atoms with Crippen LogP contribution in [0.4, 0.5) is 25.1 Å². The van der Waals surface area contributed by atoms with Crippen molar-refractivity contribution in [3.8, 4) is 0 Å². The molecule has 1 heterocycles. The van der Waals surface area contributed by atoms with E-state index in [4.69, 9.17) is 16.3 Å². The quantitative estimate of drug-likeness (QED) is 0.0821. The third-order valence-electron chi connectivity index (χ3n) is 7.51. The van der Waals surface area contributed by atoms with Crippen molar-refractivity contribution in [3.63, 3.8) is 0 Å². The maximum atomic E-state index is 14.1. The van der Waals surface area contributed by atoms with Crippen molar-refractivity contribution in [2.24, 2.45) is 0 Å². The van der Waals surface area contributed by atoms with Gasteiger partial charge in [-0.3, -0.25) is 24.7 Å². The molecule has 0 aliphatic heterocycles. The minimum absolute atomic E-state index is 0.0847. The topological polar surface area (TPSA) is 121 Å². The average molecular weight is 686 g/mol. The maximum Gasteiger partial charge on any atom is 0.412 e. The van der Waals surface area contributed by atoms with Crippen LogP contribution >= 0.6 is 11.6 Å². The third kappa shape index (κ3) is 8.80. The molecule has 5 rings (SSSR count). The monoisotopic (exact) mass is 685 g/mol. The summed E-state index contributed by atoms with van der Waals surface area (Å²) in [6, 6.07) is 23.9. The lowest BCUT2D eigenvalue weighted by Gasteiger charge is -2.34. The Morgan fingerprint density at radius 2 is 1.67 bits per heavy atom. The van der Waals surface area contributed by atoms with Gasteiger partial charge in [-0.05, 0) is 53.4 Å².